The van der Waals surface area contributed by atoms with Crippen molar-refractivity contribution in [3.63, 3.8) is 0 Å². The van der Waals surface area contributed by atoms with Crippen molar-refractivity contribution in [3.8, 4) is 0 Å². The van der Waals surface area contributed by atoms with E-state index in [0.29, 0.717) is 11.3 Å². The van der Waals surface area contributed by atoms with E-state index >= 15 is 0 Å². The lowest BCUT2D eigenvalue weighted by atomic mass is 10.0. The van der Waals surface area contributed by atoms with Gasteiger partial charge in [0, 0.05) is 37.0 Å². The van der Waals surface area contributed by atoms with Gasteiger partial charge in [-0.25, -0.2) is 0 Å². The van der Waals surface area contributed by atoms with E-state index in [1.165, 1.54) is 5.56 Å². The van der Waals surface area contributed by atoms with Gasteiger partial charge in [0.05, 0.1) is 5.37 Å². The molecule has 0 saturated carbocycles. The van der Waals surface area contributed by atoms with Crippen LogP contribution in [0.5, 0.6) is 0 Å². The molecule has 2 aromatic carbocycles. The first-order valence-corrected chi connectivity index (χ1v) is 14.2. The van der Waals surface area contributed by atoms with Crippen LogP contribution in [0.4, 0.5) is 0 Å². The highest BCUT2D eigenvalue weighted by molar-refractivity contribution is 8.00. The van der Waals surface area contributed by atoms with Gasteiger partial charge >= 0.3 is 0 Å². The van der Waals surface area contributed by atoms with Crippen molar-refractivity contribution in [2.75, 3.05) is 18.8 Å². The van der Waals surface area contributed by atoms with E-state index in [1.54, 1.807) is 11.8 Å². The predicted molar refractivity (Wildman–Crippen MR) is 144 cm³/mol. The van der Waals surface area contributed by atoms with Crippen LogP contribution in [0, 0.1) is 6.92 Å². The van der Waals surface area contributed by atoms with E-state index in [1.807, 2.05) is 42.2 Å². The molecule has 2 unspecified atom stereocenters. The van der Waals surface area contributed by atoms with Gasteiger partial charge < -0.3 is 10.2 Å². The maximum atomic E-state index is 13.6. The number of amides is 2. The van der Waals surface area contributed by atoms with E-state index < -0.39 is 6.04 Å². The number of piperidine rings is 1. The maximum absolute atomic E-state index is 13.6. The van der Waals surface area contributed by atoms with Gasteiger partial charge in [-0.1, -0.05) is 74.2 Å². The monoisotopic (exact) mass is 493 g/mol. The number of aryl methyl sites for hydroxylation is 1. The molecule has 0 spiro atoms. The summed E-state index contributed by atoms with van der Waals surface area (Å²) >= 11 is 1.76. The summed E-state index contributed by atoms with van der Waals surface area (Å²) in [6.07, 6.45) is 6.23. The third kappa shape index (κ3) is 6.89. The second kappa shape index (κ2) is 12.6. The second-order valence-corrected chi connectivity index (χ2v) is 11.1. The van der Waals surface area contributed by atoms with E-state index in [0.717, 1.165) is 63.7 Å². The van der Waals surface area contributed by atoms with Gasteiger partial charge in [-0.05, 0) is 43.9 Å². The van der Waals surface area contributed by atoms with Crippen molar-refractivity contribution >= 4 is 23.6 Å². The summed E-state index contributed by atoms with van der Waals surface area (Å²) in [5, 5.41) is 3.37. The molecule has 2 aliphatic heterocycles. The Bertz CT molecular complexity index is 958. The number of benzene rings is 2. The number of rotatable bonds is 9. The summed E-state index contributed by atoms with van der Waals surface area (Å²) in [6, 6.07) is 18.1. The van der Waals surface area contributed by atoms with Gasteiger partial charge in [0.15, 0.2) is 0 Å². The molecule has 2 heterocycles. The van der Waals surface area contributed by atoms with Gasteiger partial charge in [-0.15, -0.1) is 11.8 Å². The van der Waals surface area contributed by atoms with E-state index in [9.17, 15) is 9.59 Å². The highest BCUT2D eigenvalue weighted by Gasteiger charge is 2.42. The topological polar surface area (TPSA) is 52.7 Å². The average Bonchev–Trinajstić information content (AvgIpc) is 3.30. The first-order chi connectivity index (χ1) is 17.0. The fourth-order valence-electron chi connectivity index (χ4n) is 5.05. The molecule has 2 amide bonds. The van der Waals surface area contributed by atoms with E-state index in [4.69, 9.17) is 0 Å². The zero-order valence-electron chi connectivity index (χ0n) is 21.1. The van der Waals surface area contributed by atoms with Crippen LogP contribution in [0.2, 0.25) is 0 Å². The van der Waals surface area contributed by atoms with Crippen LogP contribution in [-0.2, 0) is 11.3 Å². The molecule has 2 aromatic rings. The van der Waals surface area contributed by atoms with Gasteiger partial charge in [0.2, 0.25) is 5.91 Å². The van der Waals surface area contributed by atoms with Crippen molar-refractivity contribution in [1.29, 1.82) is 0 Å². The third-order valence-corrected chi connectivity index (χ3v) is 8.52. The zero-order chi connectivity index (χ0) is 24.6. The summed E-state index contributed by atoms with van der Waals surface area (Å²) in [5.41, 5.74) is 3.13. The molecule has 0 radical (unpaired) electrons. The van der Waals surface area contributed by atoms with Crippen LogP contribution in [-0.4, -0.2) is 57.9 Å². The number of carbonyl (C=O) groups is 2. The molecule has 2 aliphatic rings. The number of unbranched alkanes of at least 4 members (excludes halogenated alkanes) is 2. The molecule has 1 N–H and O–H groups in total. The summed E-state index contributed by atoms with van der Waals surface area (Å²) in [6.45, 7) is 7.13. The molecular formula is C29H39N3O2S. The molecule has 2 atom stereocenters. The molecule has 188 valence electrons. The largest absolute Gasteiger partial charge is 0.351 e. The van der Waals surface area contributed by atoms with E-state index in [2.05, 4.69) is 41.4 Å². The molecule has 0 bridgehead atoms. The van der Waals surface area contributed by atoms with Crippen LogP contribution in [0.15, 0.2) is 54.6 Å². The fourth-order valence-corrected chi connectivity index (χ4v) is 6.50. The van der Waals surface area contributed by atoms with Gasteiger partial charge in [-0.2, -0.15) is 0 Å². The number of hydrogen-bond donors (Lipinski definition) is 1. The number of thioether (sulfide) groups is 1. The standard InChI is InChI=1S/C29H39N3O2S/c1-3-4-6-11-27-32(29(34)24-14-12-22(2)13-15-24)26(21-35-27)28(33)30-25-16-18-31(19-17-25)20-23-9-7-5-8-10-23/h5,7-10,12-15,25-27H,3-4,6,11,16-21H2,1-2H3,(H,30,33). The number of nitrogens with one attached hydrogen (secondary N) is 1. The highest BCUT2D eigenvalue weighted by atomic mass is 32.2. The highest BCUT2D eigenvalue weighted by Crippen LogP contribution is 2.34. The Labute approximate surface area is 214 Å². The fraction of sp³-hybridized carbons (Fsp3) is 0.517. The van der Waals surface area contributed by atoms with Crippen LogP contribution >= 0.6 is 11.8 Å². The molecule has 2 fully saturated rings. The maximum Gasteiger partial charge on any atom is 0.255 e. The first kappa shape index (κ1) is 25.8. The van der Waals surface area contributed by atoms with Crippen LogP contribution in [0.25, 0.3) is 0 Å². The lowest BCUT2D eigenvalue weighted by Crippen LogP contribution is -2.53. The molecule has 35 heavy (non-hydrogen) atoms. The Morgan fingerprint density at radius 1 is 1.00 bits per heavy atom. The van der Waals surface area contributed by atoms with Crippen LogP contribution in [0.1, 0.15) is 66.9 Å². The van der Waals surface area contributed by atoms with Gasteiger partial charge in [0.25, 0.3) is 5.91 Å². The molecule has 4 rings (SSSR count). The molecule has 0 aromatic heterocycles. The first-order valence-electron chi connectivity index (χ1n) is 13.1. The van der Waals surface area contributed by atoms with Crippen molar-refractivity contribution in [1.82, 2.24) is 15.1 Å². The Morgan fingerprint density at radius 2 is 1.71 bits per heavy atom. The molecule has 2 saturated heterocycles. The molecule has 6 heteroatoms. The summed E-state index contributed by atoms with van der Waals surface area (Å²) in [4.78, 5) is 31.3. The minimum atomic E-state index is -0.400. The molecular weight excluding hydrogens is 454 g/mol. The molecule has 5 nitrogen and oxygen atoms in total. The minimum absolute atomic E-state index is 0.0115. The van der Waals surface area contributed by atoms with Crippen molar-refractivity contribution in [3.05, 3.63) is 71.3 Å². The lowest BCUT2D eigenvalue weighted by molar-refractivity contribution is -0.125. The average molecular weight is 494 g/mol. The Kier molecular flexibility index (Phi) is 9.27. The Balaban J connectivity index is 1.36. The van der Waals surface area contributed by atoms with Crippen molar-refractivity contribution < 1.29 is 9.59 Å². The summed E-state index contributed by atoms with van der Waals surface area (Å²) in [5.74, 6) is 0.666. The van der Waals surface area contributed by atoms with Crippen LogP contribution in [0.3, 0.4) is 0 Å². The van der Waals surface area contributed by atoms with Gasteiger partial charge in [0.1, 0.15) is 6.04 Å². The SMILES string of the molecule is CCCCCC1SCC(C(=O)NC2CCN(Cc3ccccc3)CC2)N1C(=O)c1ccc(C)cc1. The number of carbonyl (C=O) groups excluding carboxylic acids is 2. The second-order valence-electron chi connectivity index (χ2n) is 9.92. The van der Waals surface area contributed by atoms with Crippen LogP contribution < -0.4 is 5.32 Å². The smallest absolute Gasteiger partial charge is 0.255 e. The van der Waals surface area contributed by atoms with Crippen molar-refractivity contribution in [2.24, 2.45) is 0 Å². The number of hydrogen-bond acceptors (Lipinski definition) is 4. The minimum Gasteiger partial charge on any atom is -0.351 e. The third-order valence-electron chi connectivity index (χ3n) is 7.17. The summed E-state index contributed by atoms with van der Waals surface area (Å²) < 4.78 is 0. The zero-order valence-corrected chi connectivity index (χ0v) is 21.9. The normalized spacial score (nSPS) is 21.3. The Morgan fingerprint density at radius 3 is 2.40 bits per heavy atom. The molecule has 0 aliphatic carbocycles. The van der Waals surface area contributed by atoms with E-state index in [-0.39, 0.29) is 23.2 Å². The quantitative estimate of drug-likeness (QED) is 0.486. The summed E-state index contributed by atoms with van der Waals surface area (Å²) in [7, 11) is 0. The number of likely N-dealkylation sites (tertiary alicyclic amines) is 1. The number of nitrogens with zero attached hydrogens (tertiary/aromatic N) is 2. The lowest BCUT2D eigenvalue weighted by Gasteiger charge is -2.34. The van der Waals surface area contributed by atoms with Gasteiger partial charge in [-0.3, -0.25) is 14.5 Å². The van der Waals surface area contributed by atoms with Crippen molar-refractivity contribution in [2.45, 2.75) is 76.4 Å². The Hall–Kier alpha value is -2.31. The predicted octanol–water partition coefficient (Wildman–Crippen LogP) is 5.24.